The molecule has 0 radical (unpaired) electrons. The van der Waals surface area contributed by atoms with Crippen molar-refractivity contribution in [1.82, 2.24) is 0 Å². The minimum Gasteiger partial charge on any atom is -0.482 e. The third-order valence-electron chi connectivity index (χ3n) is 3.32. The molecule has 0 bridgehead atoms. The van der Waals surface area contributed by atoms with Gasteiger partial charge in [0.2, 0.25) is 0 Å². The number of esters is 1. The number of carbonyl (C=O) groups excluding carboxylic acids is 1. The Hall–Kier alpha value is -2.62. The summed E-state index contributed by atoms with van der Waals surface area (Å²) in [7, 11) is 1.33. The minimum atomic E-state index is -0.402. The maximum absolute atomic E-state index is 11.0. The predicted octanol–water partition coefficient (Wildman–Crippen LogP) is 3.61. The van der Waals surface area contributed by atoms with E-state index < -0.39 is 5.97 Å². The molecule has 2 aromatic rings. The molecule has 0 amide bonds. The van der Waals surface area contributed by atoms with Crippen LogP contribution in [0.1, 0.15) is 16.7 Å². The lowest BCUT2D eigenvalue weighted by atomic mass is 10.1. The number of nitrogens with zero attached hydrogens (tertiary/aromatic N) is 1. The molecule has 0 aliphatic rings. The van der Waals surface area contributed by atoms with Gasteiger partial charge in [-0.2, -0.15) is 0 Å². The van der Waals surface area contributed by atoms with E-state index in [1.807, 2.05) is 18.2 Å². The molecule has 0 fully saturated rings. The van der Waals surface area contributed by atoms with Gasteiger partial charge in [-0.3, -0.25) is 4.99 Å². The Kier molecular flexibility index (Phi) is 5.31. The highest BCUT2D eigenvalue weighted by Crippen LogP contribution is 2.17. The van der Waals surface area contributed by atoms with Gasteiger partial charge in [-0.05, 0) is 66.9 Å². The fraction of sp³-hybridized carbons (Fsp3) is 0.222. The molecular weight excluding hydrogens is 278 g/mol. The number of methoxy groups -OCH3 is 1. The van der Waals surface area contributed by atoms with Crippen LogP contribution < -0.4 is 4.74 Å². The first-order chi connectivity index (χ1) is 10.6. The van der Waals surface area contributed by atoms with Crippen LogP contribution in [-0.2, 0) is 9.53 Å². The highest BCUT2D eigenvalue weighted by molar-refractivity contribution is 5.82. The van der Waals surface area contributed by atoms with E-state index in [4.69, 9.17) is 4.74 Å². The van der Waals surface area contributed by atoms with E-state index in [1.165, 1.54) is 18.2 Å². The van der Waals surface area contributed by atoms with Crippen LogP contribution in [0.5, 0.6) is 5.75 Å². The number of aliphatic imine (C=N–C) groups is 1. The number of rotatable bonds is 5. The zero-order valence-electron chi connectivity index (χ0n) is 13.0. The van der Waals surface area contributed by atoms with E-state index in [2.05, 4.69) is 35.7 Å². The van der Waals surface area contributed by atoms with Crippen LogP contribution in [0.2, 0.25) is 0 Å². The van der Waals surface area contributed by atoms with Gasteiger partial charge in [0.25, 0.3) is 0 Å². The molecule has 0 saturated heterocycles. The van der Waals surface area contributed by atoms with E-state index in [9.17, 15) is 4.79 Å². The van der Waals surface area contributed by atoms with Crippen LogP contribution in [0.4, 0.5) is 5.69 Å². The maximum Gasteiger partial charge on any atom is 0.343 e. The second kappa shape index (κ2) is 7.41. The van der Waals surface area contributed by atoms with Gasteiger partial charge in [-0.15, -0.1) is 0 Å². The van der Waals surface area contributed by atoms with E-state index in [1.54, 1.807) is 18.3 Å². The van der Waals surface area contributed by atoms with Gasteiger partial charge >= 0.3 is 5.97 Å². The Labute approximate surface area is 130 Å². The second-order valence-electron chi connectivity index (χ2n) is 4.96. The Morgan fingerprint density at radius 1 is 1.09 bits per heavy atom. The third-order valence-corrected chi connectivity index (χ3v) is 3.32. The van der Waals surface area contributed by atoms with Crippen molar-refractivity contribution in [2.75, 3.05) is 13.7 Å². The Morgan fingerprint density at radius 3 is 2.45 bits per heavy atom. The third kappa shape index (κ3) is 4.45. The molecule has 0 saturated carbocycles. The lowest BCUT2D eigenvalue weighted by molar-refractivity contribution is -0.142. The van der Waals surface area contributed by atoms with Crippen molar-refractivity contribution in [3.8, 4) is 5.75 Å². The van der Waals surface area contributed by atoms with Gasteiger partial charge in [0.1, 0.15) is 5.75 Å². The molecule has 0 N–H and O–H groups in total. The fourth-order valence-electron chi connectivity index (χ4n) is 1.81. The number of hydrogen-bond donors (Lipinski definition) is 0. The van der Waals surface area contributed by atoms with E-state index >= 15 is 0 Å². The van der Waals surface area contributed by atoms with Crippen LogP contribution >= 0.6 is 0 Å². The zero-order valence-corrected chi connectivity index (χ0v) is 13.0. The largest absolute Gasteiger partial charge is 0.482 e. The van der Waals surface area contributed by atoms with Crippen molar-refractivity contribution in [3.05, 3.63) is 59.2 Å². The first-order valence-electron chi connectivity index (χ1n) is 6.99. The molecule has 0 heterocycles. The van der Waals surface area contributed by atoms with Crippen molar-refractivity contribution in [3.63, 3.8) is 0 Å². The van der Waals surface area contributed by atoms with Crippen LogP contribution in [-0.4, -0.2) is 25.9 Å². The molecule has 0 spiro atoms. The van der Waals surface area contributed by atoms with E-state index in [0.717, 1.165) is 11.3 Å². The molecule has 0 aromatic heterocycles. The molecule has 0 aliphatic carbocycles. The van der Waals surface area contributed by atoms with Gasteiger partial charge in [-0.25, -0.2) is 4.79 Å². The molecule has 22 heavy (non-hydrogen) atoms. The van der Waals surface area contributed by atoms with Gasteiger partial charge in [-0.1, -0.05) is 6.07 Å². The highest BCUT2D eigenvalue weighted by atomic mass is 16.6. The summed E-state index contributed by atoms with van der Waals surface area (Å²) in [5.74, 6) is 0.217. The molecular formula is C18H19NO3. The Bertz CT molecular complexity index is 675. The van der Waals surface area contributed by atoms with Crippen molar-refractivity contribution < 1.29 is 14.3 Å². The van der Waals surface area contributed by atoms with Crippen LogP contribution in [0, 0.1) is 13.8 Å². The highest BCUT2D eigenvalue weighted by Gasteiger charge is 2.01. The first kappa shape index (κ1) is 15.8. The van der Waals surface area contributed by atoms with Crippen molar-refractivity contribution in [1.29, 1.82) is 0 Å². The molecule has 0 aliphatic heterocycles. The van der Waals surface area contributed by atoms with E-state index in [0.29, 0.717) is 5.75 Å². The summed E-state index contributed by atoms with van der Waals surface area (Å²) in [6.07, 6.45) is 1.80. The first-order valence-corrected chi connectivity index (χ1v) is 6.99. The summed E-state index contributed by atoms with van der Waals surface area (Å²) < 4.78 is 9.80. The molecule has 2 rings (SSSR count). The smallest absolute Gasteiger partial charge is 0.343 e. The summed E-state index contributed by atoms with van der Waals surface area (Å²) in [5.41, 5.74) is 4.37. The molecule has 0 unspecified atom stereocenters. The minimum absolute atomic E-state index is 0.0907. The van der Waals surface area contributed by atoms with Gasteiger partial charge in [0.15, 0.2) is 6.61 Å². The van der Waals surface area contributed by atoms with E-state index in [-0.39, 0.29) is 6.61 Å². The maximum atomic E-state index is 11.0. The molecule has 4 nitrogen and oxygen atoms in total. The summed E-state index contributed by atoms with van der Waals surface area (Å²) in [6, 6.07) is 13.5. The van der Waals surface area contributed by atoms with Crippen molar-refractivity contribution in [2.45, 2.75) is 13.8 Å². The van der Waals surface area contributed by atoms with Gasteiger partial charge in [0, 0.05) is 6.21 Å². The van der Waals surface area contributed by atoms with Crippen molar-refractivity contribution >= 4 is 17.9 Å². The number of hydrogen-bond acceptors (Lipinski definition) is 4. The fourth-order valence-corrected chi connectivity index (χ4v) is 1.81. The monoisotopic (exact) mass is 297 g/mol. The van der Waals surface area contributed by atoms with Crippen LogP contribution in [0.25, 0.3) is 0 Å². The number of ether oxygens (including phenoxy) is 2. The molecule has 0 atom stereocenters. The topological polar surface area (TPSA) is 47.9 Å². The normalized spacial score (nSPS) is 10.7. The van der Waals surface area contributed by atoms with Crippen LogP contribution in [0.3, 0.4) is 0 Å². The molecule has 2 aromatic carbocycles. The average Bonchev–Trinajstić information content (AvgIpc) is 2.54. The number of aryl methyl sites for hydroxylation is 2. The lowest BCUT2D eigenvalue weighted by Crippen LogP contribution is -2.12. The standard InChI is InChI=1S/C18H19NO3/c1-13-4-7-16(10-14(13)2)19-11-15-5-8-17(9-6-15)22-12-18(20)21-3/h4-11H,12H2,1-3H3. The van der Waals surface area contributed by atoms with Crippen LogP contribution in [0.15, 0.2) is 47.5 Å². The summed E-state index contributed by atoms with van der Waals surface area (Å²) in [4.78, 5) is 15.5. The molecule has 4 heteroatoms. The number of benzene rings is 2. The quantitative estimate of drug-likeness (QED) is 0.625. The average molecular weight is 297 g/mol. The predicted molar refractivity (Wildman–Crippen MR) is 87.1 cm³/mol. The Morgan fingerprint density at radius 2 is 1.82 bits per heavy atom. The van der Waals surface area contributed by atoms with Gasteiger partial charge < -0.3 is 9.47 Å². The molecule has 114 valence electrons. The van der Waals surface area contributed by atoms with Crippen molar-refractivity contribution in [2.24, 2.45) is 4.99 Å². The lowest BCUT2D eigenvalue weighted by Gasteiger charge is -2.04. The summed E-state index contributed by atoms with van der Waals surface area (Å²) >= 11 is 0. The summed E-state index contributed by atoms with van der Waals surface area (Å²) in [6.45, 7) is 4.06. The number of carbonyl (C=O) groups is 1. The zero-order chi connectivity index (χ0) is 15.9. The second-order valence-corrected chi connectivity index (χ2v) is 4.96. The summed E-state index contributed by atoms with van der Waals surface area (Å²) in [5, 5.41) is 0. The van der Waals surface area contributed by atoms with Gasteiger partial charge in [0.05, 0.1) is 12.8 Å². The Balaban J connectivity index is 1.99. The SMILES string of the molecule is COC(=O)COc1ccc(C=Nc2ccc(C)c(C)c2)cc1.